The van der Waals surface area contributed by atoms with Crippen molar-refractivity contribution >= 4 is 21.6 Å². The number of benzene rings is 1. The third kappa shape index (κ3) is 1.39. The Bertz CT molecular complexity index is 359. The smallest absolute Gasteiger partial charge is 0.101 e. The van der Waals surface area contributed by atoms with E-state index in [2.05, 4.69) is 15.9 Å². The molecule has 0 amide bonds. The van der Waals surface area contributed by atoms with Gasteiger partial charge < -0.3 is 5.73 Å². The van der Waals surface area contributed by atoms with Crippen molar-refractivity contribution < 1.29 is 0 Å². The summed E-state index contributed by atoms with van der Waals surface area (Å²) in [5.74, 6) is 0. The highest BCUT2D eigenvalue weighted by atomic mass is 79.9. The number of nitriles is 2. The molecular formula is C8H4BrN3. The van der Waals surface area contributed by atoms with Gasteiger partial charge in [-0.3, -0.25) is 0 Å². The Morgan fingerprint density at radius 3 is 2.17 bits per heavy atom. The van der Waals surface area contributed by atoms with E-state index in [1.165, 1.54) is 12.1 Å². The maximum atomic E-state index is 8.60. The van der Waals surface area contributed by atoms with Crippen molar-refractivity contribution in [3.05, 3.63) is 27.7 Å². The van der Waals surface area contributed by atoms with E-state index in [1.54, 1.807) is 0 Å². The van der Waals surface area contributed by atoms with E-state index in [4.69, 9.17) is 16.3 Å². The first-order valence-electron chi connectivity index (χ1n) is 3.08. The normalized spacial score (nSPS) is 8.58. The fraction of sp³-hybridized carbons (Fsp3) is 0. The minimum absolute atomic E-state index is 0.304. The molecule has 0 aliphatic carbocycles. The number of nitrogens with zero attached hydrogens (tertiary/aromatic N) is 2. The second-order valence-electron chi connectivity index (χ2n) is 2.14. The molecule has 1 rings (SSSR count). The third-order valence-corrected chi connectivity index (χ3v) is 2.06. The molecule has 0 radical (unpaired) electrons. The molecule has 0 saturated heterocycles. The van der Waals surface area contributed by atoms with Crippen molar-refractivity contribution in [2.24, 2.45) is 0 Å². The highest BCUT2D eigenvalue weighted by Gasteiger charge is 2.04. The molecular weight excluding hydrogens is 218 g/mol. The Kier molecular flexibility index (Phi) is 2.32. The average Bonchev–Trinajstić information content (AvgIpc) is 2.09. The lowest BCUT2D eigenvalue weighted by molar-refractivity contribution is 1.42. The molecule has 0 aromatic heterocycles. The van der Waals surface area contributed by atoms with Gasteiger partial charge in [-0.05, 0) is 28.1 Å². The van der Waals surface area contributed by atoms with Crippen LogP contribution in [0.5, 0.6) is 0 Å². The molecule has 0 bridgehead atoms. The van der Waals surface area contributed by atoms with E-state index in [0.29, 0.717) is 21.3 Å². The molecule has 0 saturated carbocycles. The number of halogens is 1. The first-order chi connectivity index (χ1) is 5.69. The van der Waals surface area contributed by atoms with Crippen molar-refractivity contribution in [2.75, 3.05) is 5.73 Å². The van der Waals surface area contributed by atoms with Crippen LogP contribution in [0.4, 0.5) is 5.69 Å². The minimum Gasteiger partial charge on any atom is -0.398 e. The van der Waals surface area contributed by atoms with Crippen LogP contribution in [0.3, 0.4) is 0 Å². The molecule has 0 atom stereocenters. The minimum atomic E-state index is 0.304. The van der Waals surface area contributed by atoms with Crippen LogP contribution in [-0.2, 0) is 0 Å². The second-order valence-corrected chi connectivity index (χ2v) is 3.00. The molecule has 0 heterocycles. The molecule has 0 fully saturated rings. The van der Waals surface area contributed by atoms with Gasteiger partial charge in [-0.25, -0.2) is 0 Å². The summed E-state index contributed by atoms with van der Waals surface area (Å²) in [4.78, 5) is 0. The van der Waals surface area contributed by atoms with Crippen LogP contribution in [0.25, 0.3) is 0 Å². The van der Waals surface area contributed by atoms with Gasteiger partial charge in [-0.2, -0.15) is 10.5 Å². The average molecular weight is 222 g/mol. The SMILES string of the molecule is N#Cc1cc(N)c(Br)cc1C#N. The Morgan fingerprint density at radius 2 is 1.67 bits per heavy atom. The predicted molar refractivity (Wildman–Crippen MR) is 48.0 cm³/mol. The summed E-state index contributed by atoms with van der Waals surface area (Å²) in [6.45, 7) is 0. The lowest BCUT2D eigenvalue weighted by atomic mass is 10.1. The first-order valence-corrected chi connectivity index (χ1v) is 3.87. The summed E-state index contributed by atoms with van der Waals surface area (Å²) >= 11 is 3.16. The highest BCUT2D eigenvalue weighted by Crippen LogP contribution is 2.23. The largest absolute Gasteiger partial charge is 0.398 e. The molecule has 2 N–H and O–H groups in total. The van der Waals surface area contributed by atoms with Gasteiger partial charge >= 0.3 is 0 Å². The summed E-state index contributed by atoms with van der Waals surface area (Å²) in [7, 11) is 0. The van der Waals surface area contributed by atoms with Crippen molar-refractivity contribution in [1.29, 1.82) is 10.5 Å². The van der Waals surface area contributed by atoms with E-state index >= 15 is 0 Å². The molecule has 58 valence electrons. The summed E-state index contributed by atoms with van der Waals surface area (Å²) in [5.41, 5.74) is 6.61. The Morgan fingerprint density at radius 1 is 1.17 bits per heavy atom. The number of hydrogen-bond donors (Lipinski definition) is 1. The number of anilines is 1. The zero-order chi connectivity index (χ0) is 9.14. The van der Waals surface area contributed by atoms with Gasteiger partial charge in [0.1, 0.15) is 12.1 Å². The van der Waals surface area contributed by atoms with Crippen molar-refractivity contribution in [1.82, 2.24) is 0 Å². The maximum absolute atomic E-state index is 8.60. The number of nitrogens with two attached hydrogens (primary N) is 1. The van der Waals surface area contributed by atoms with Crippen LogP contribution >= 0.6 is 15.9 Å². The molecule has 0 aliphatic rings. The Balaban J connectivity index is 3.44. The number of nitrogen functional groups attached to an aromatic ring is 1. The monoisotopic (exact) mass is 221 g/mol. The molecule has 1 aromatic rings. The fourth-order valence-corrected chi connectivity index (χ4v) is 1.12. The van der Waals surface area contributed by atoms with Crippen LogP contribution in [0.2, 0.25) is 0 Å². The molecule has 1 aromatic carbocycles. The van der Waals surface area contributed by atoms with Gasteiger partial charge in [-0.15, -0.1) is 0 Å². The quantitative estimate of drug-likeness (QED) is 0.679. The van der Waals surface area contributed by atoms with Crippen molar-refractivity contribution in [2.45, 2.75) is 0 Å². The standard InChI is InChI=1S/C8H4BrN3/c9-7-1-5(3-10)6(4-11)2-8(7)12/h1-2H,12H2. The van der Waals surface area contributed by atoms with E-state index in [0.717, 1.165) is 0 Å². The van der Waals surface area contributed by atoms with Gasteiger partial charge in [0.25, 0.3) is 0 Å². The van der Waals surface area contributed by atoms with E-state index in [-0.39, 0.29) is 0 Å². The van der Waals surface area contributed by atoms with Crippen LogP contribution < -0.4 is 5.73 Å². The topological polar surface area (TPSA) is 73.6 Å². The van der Waals surface area contributed by atoms with Gasteiger partial charge in [0.15, 0.2) is 0 Å². The van der Waals surface area contributed by atoms with Crippen molar-refractivity contribution in [3.8, 4) is 12.1 Å². The first kappa shape index (κ1) is 8.58. The van der Waals surface area contributed by atoms with Crippen LogP contribution in [-0.4, -0.2) is 0 Å². The lowest BCUT2D eigenvalue weighted by Crippen LogP contribution is -1.91. The summed E-state index contributed by atoms with van der Waals surface area (Å²) in [6, 6.07) is 6.81. The summed E-state index contributed by atoms with van der Waals surface area (Å²) in [6.07, 6.45) is 0. The molecule has 0 aliphatic heterocycles. The molecule has 3 nitrogen and oxygen atoms in total. The Hall–Kier alpha value is -1.52. The molecule has 0 spiro atoms. The second kappa shape index (κ2) is 3.25. The van der Waals surface area contributed by atoms with Crippen LogP contribution in [0.15, 0.2) is 16.6 Å². The Labute approximate surface area is 78.2 Å². The lowest BCUT2D eigenvalue weighted by Gasteiger charge is -1.99. The van der Waals surface area contributed by atoms with Gasteiger partial charge in [0.2, 0.25) is 0 Å². The number of hydrogen-bond acceptors (Lipinski definition) is 3. The molecule has 12 heavy (non-hydrogen) atoms. The van der Waals surface area contributed by atoms with E-state index in [9.17, 15) is 0 Å². The fourth-order valence-electron chi connectivity index (χ4n) is 0.775. The highest BCUT2D eigenvalue weighted by molar-refractivity contribution is 9.10. The van der Waals surface area contributed by atoms with Gasteiger partial charge in [0.05, 0.1) is 11.1 Å². The van der Waals surface area contributed by atoms with Crippen LogP contribution in [0.1, 0.15) is 11.1 Å². The molecule has 0 unspecified atom stereocenters. The maximum Gasteiger partial charge on any atom is 0.101 e. The zero-order valence-electron chi connectivity index (χ0n) is 6.00. The van der Waals surface area contributed by atoms with Crippen molar-refractivity contribution in [3.63, 3.8) is 0 Å². The van der Waals surface area contributed by atoms with Gasteiger partial charge in [0, 0.05) is 10.2 Å². The van der Waals surface area contributed by atoms with E-state index in [1.807, 2.05) is 12.1 Å². The number of rotatable bonds is 0. The summed E-state index contributed by atoms with van der Waals surface area (Å²) < 4.78 is 0.637. The zero-order valence-corrected chi connectivity index (χ0v) is 7.59. The van der Waals surface area contributed by atoms with Crippen LogP contribution in [0, 0.1) is 22.7 Å². The predicted octanol–water partition coefficient (Wildman–Crippen LogP) is 1.77. The molecule has 4 heteroatoms. The summed E-state index contributed by atoms with van der Waals surface area (Å²) in [5, 5.41) is 17.2. The van der Waals surface area contributed by atoms with Gasteiger partial charge in [-0.1, -0.05) is 0 Å². The van der Waals surface area contributed by atoms with E-state index < -0.39 is 0 Å². The third-order valence-electron chi connectivity index (χ3n) is 1.38.